The van der Waals surface area contributed by atoms with Gasteiger partial charge in [0.05, 0.1) is 19.3 Å². The van der Waals surface area contributed by atoms with Crippen molar-refractivity contribution in [3.63, 3.8) is 0 Å². The van der Waals surface area contributed by atoms with E-state index in [2.05, 4.69) is 0 Å². The Bertz CT molecular complexity index is 739. The summed E-state index contributed by atoms with van der Waals surface area (Å²) < 4.78 is 50.9. The molecule has 1 fully saturated rings. The molecule has 1 amide bonds. The predicted octanol–water partition coefficient (Wildman–Crippen LogP) is 4.28. The summed E-state index contributed by atoms with van der Waals surface area (Å²) >= 11 is 1.15. The van der Waals surface area contributed by atoms with E-state index in [4.69, 9.17) is 9.47 Å². The minimum Gasteiger partial charge on any atom is -0.444 e. The maximum Gasteiger partial charge on any atom is 0.410 e. The number of halogens is 3. The average Bonchev–Trinajstić information content (AvgIpc) is 2.92. The zero-order valence-electron chi connectivity index (χ0n) is 16.3. The first-order valence-corrected chi connectivity index (χ1v) is 9.72. The van der Waals surface area contributed by atoms with Crippen molar-refractivity contribution in [2.45, 2.75) is 57.6 Å². The number of likely N-dealkylation sites (tertiary alicyclic amines) is 1. The molecule has 2 rings (SSSR count). The average molecular weight is 419 g/mol. The number of benzene rings is 1. The fraction of sp³-hybridized carbons (Fsp3) is 0.579. The van der Waals surface area contributed by atoms with Crippen LogP contribution in [0.15, 0.2) is 12.1 Å². The van der Waals surface area contributed by atoms with Gasteiger partial charge in [-0.05, 0) is 33.3 Å². The predicted molar refractivity (Wildman–Crippen MR) is 99.4 cm³/mol. The Hall–Kier alpha value is -1.74. The van der Waals surface area contributed by atoms with Crippen molar-refractivity contribution in [1.29, 1.82) is 0 Å². The Balaban J connectivity index is 2.02. The van der Waals surface area contributed by atoms with E-state index in [9.17, 15) is 22.8 Å². The van der Waals surface area contributed by atoms with Crippen LogP contribution in [0.1, 0.15) is 39.7 Å². The van der Waals surface area contributed by atoms with Crippen molar-refractivity contribution >= 4 is 23.0 Å². The van der Waals surface area contributed by atoms with Crippen LogP contribution in [0.25, 0.3) is 0 Å². The summed E-state index contributed by atoms with van der Waals surface area (Å²) in [4.78, 5) is 25.4. The van der Waals surface area contributed by atoms with Crippen LogP contribution in [0.2, 0.25) is 0 Å². The summed E-state index contributed by atoms with van der Waals surface area (Å²) in [6.07, 6.45) is -0.0178. The molecule has 0 saturated carbocycles. The zero-order valence-corrected chi connectivity index (χ0v) is 17.1. The number of rotatable bonds is 5. The van der Waals surface area contributed by atoms with Gasteiger partial charge < -0.3 is 14.4 Å². The van der Waals surface area contributed by atoms with Gasteiger partial charge >= 0.3 is 6.09 Å². The highest BCUT2D eigenvalue weighted by Crippen LogP contribution is 2.30. The molecule has 0 unspecified atom stereocenters. The topological polar surface area (TPSA) is 55.8 Å². The maximum atomic E-state index is 13.7. The fourth-order valence-corrected chi connectivity index (χ4v) is 3.90. The molecule has 0 aromatic heterocycles. The second-order valence-corrected chi connectivity index (χ2v) is 9.10. The molecule has 0 N–H and O–H groups in total. The number of carbonyl (C=O) groups excluding carboxylic acids is 2. The molecule has 0 aliphatic carbocycles. The third-order valence-electron chi connectivity index (χ3n) is 3.99. The maximum absolute atomic E-state index is 13.7. The molecular weight excluding hydrogens is 395 g/mol. The van der Waals surface area contributed by atoms with Crippen molar-refractivity contribution in [2.75, 3.05) is 13.2 Å². The summed E-state index contributed by atoms with van der Waals surface area (Å²) in [6.45, 7) is 6.81. The van der Waals surface area contributed by atoms with Gasteiger partial charge in [-0.3, -0.25) is 4.79 Å². The Labute approximate surface area is 166 Å². The first-order chi connectivity index (χ1) is 13.0. The molecular formula is C19H24F3NO4S. The molecule has 0 bridgehead atoms. The molecule has 1 saturated heterocycles. The normalized spacial score (nSPS) is 19.8. The van der Waals surface area contributed by atoms with Gasteiger partial charge in [0.2, 0.25) is 0 Å². The molecule has 5 nitrogen and oxygen atoms in total. The molecule has 28 heavy (non-hydrogen) atoms. The summed E-state index contributed by atoms with van der Waals surface area (Å²) in [5.74, 6) is -3.33. The molecule has 1 aliphatic rings. The summed E-state index contributed by atoms with van der Waals surface area (Å²) in [6, 6.07) is 0.843. The molecule has 156 valence electrons. The zero-order chi connectivity index (χ0) is 21.1. The first-order valence-electron chi connectivity index (χ1n) is 8.84. The molecule has 1 aromatic carbocycles. The van der Waals surface area contributed by atoms with Crippen LogP contribution in [0, 0.1) is 17.5 Å². The highest BCUT2D eigenvalue weighted by molar-refractivity contribution is 8.14. The van der Waals surface area contributed by atoms with E-state index < -0.39 is 29.1 Å². The minimum absolute atomic E-state index is 0.0483. The Morgan fingerprint density at radius 3 is 2.43 bits per heavy atom. The van der Waals surface area contributed by atoms with E-state index in [-0.39, 0.29) is 35.2 Å². The van der Waals surface area contributed by atoms with E-state index in [1.165, 1.54) is 11.8 Å². The van der Waals surface area contributed by atoms with Gasteiger partial charge in [-0.25, -0.2) is 18.0 Å². The van der Waals surface area contributed by atoms with Gasteiger partial charge in [0.15, 0.2) is 16.7 Å². The van der Waals surface area contributed by atoms with E-state index in [0.717, 1.165) is 17.8 Å². The number of carbonyl (C=O) groups is 2. The number of amides is 1. The van der Waals surface area contributed by atoms with Crippen LogP contribution in [-0.2, 0) is 20.9 Å². The highest BCUT2D eigenvalue weighted by atomic mass is 32.2. The summed E-state index contributed by atoms with van der Waals surface area (Å²) in [5.41, 5.74) is -0.793. The van der Waals surface area contributed by atoms with Crippen LogP contribution in [-0.4, -0.2) is 46.2 Å². The molecule has 0 radical (unpaired) electrons. The molecule has 2 atom stereocenters. The van der Waals surface area contributed by atoms with Crippen LogP contribution in [0.4, 0.5) is 18.0 Å². The number of nitrogens with zero attached hydrogens (tertiary/aromatic N) is 1. The Morgan fingerprint density at radius 2 is 1.82 bits per heavy atom. The smallest absolute Gasteiger partial charge is 0.410 e. The number of ether oxygens (including phenoxy) is 2. The lowest BCUT2D eigenvalue weighted by atomic mass is 10.2. The van der Waals surface area contributed by atoms with Crippen molar-refractivity contribution in [2.24, 2.45) is 0 Å². The standard InChI is InChI=1S/C19H24F3NO4S/c1-11(24)28-14-6-13(23(8-14)18(25)27-19(2,3)4)10-26-9-12-5-16(21)17(22)7-15(12)20/h5,7,13-14H,6,8-10H2,1-4H3/t13-,14+/m1/s1. The van der Waals surface area contributed by atoms with E-state index >= 15 is 0 Å². The Morgan fingerprint density at radius 1 is 1.18 bits per heavy atom. The number of thioether (sulfide) groups is 1. The summed E-state index contributed by atoms with van der Waals surface area (Å²) in [5, 5.41) is -0.154. The lowest BCUT2D eigenvalue weighted by Gasteiger charge is -2.28. The van der Waals surface area contributed by atoms with Crippen LogP contribution < -0.4 is 0 Å². The Kier molecular flexibility index (Phi) is 7.39. The summed E-state index contributed by atoms with van der Waals surface area (Å²) in [7, 11) is 0. The molecule has 9 heteroatoms. The second kappa shape index (κ2) is 9.17. The second-order valence-electron chi connectivity index (χ2n) is 7.63. The van der Waals surface area contributed by atoms with Gasteiger partial charge in [-0.15, -0.1) is 0 Å². The minimum atomic E-state index is -1.27. The van der Waals surface area contributed by atoms with Crippen LogP contribution >= 0.6 is 11.8 Å². The largest absolute Gasteiger partial charge is 0.444 e. The fourth-order valence-electron chi connectivity index (χ4n) is 2.88. The highest BCUT2D eigenvalue weighted by Gasteiger charge is 2.38. The van der Waals surface area contributed by atoms with E-state index in [1.807, 2.05) is 0 Å². The van der Waals surface area contributed by atoms with Gasteiger partial charge in [0.1, 0.15) is 11.4 Å². The molecule has 0 spiro atoms. The molecule has 1 aliphatic heterocycles. The van der Waals surface area contributed by atoms with Crippen LogP contribution in [0.3, 0.4) is 0 Å². The molecule has 1 heterocycles. The lowest BCUT2D eigenvalue weighted by Crippen LogP contribution is -2.42. The lowest BCUT2D eigenvalue weighted by molar-refractivity contribution is -0.109. The van der Waals surface area contributed by atoms with Crippen LogP contribution in [0.5, 0.6) is 0 Å². The van der Waals surface area contributed by atoms with Crippen molar-refractivity contribution in [1.82, 2.24) is 4.90 Å². The van der Waals surface area contributed by atoms with Gasteiger partial charge in [0, 0.05) is 30.3 Å². The van der Waals surface area contributed by atoms with Gasteiger partial charge in [-0.2, -0.15) is 0 Å². The van der Waals surface area contributed by atoms with Crippen molar-refractivity contribution in [3.05, 3.63) is 35.1 Å². The third kappa shape index (κ3) is 6.41. The van der Waals surface area contributed by atoms with E-state index in [0.29, 0.717) is 19.0 Å². The SMILES string of the molecule is CC(=O)S[C@H]1C[C@H](COCc2cc(F)c(F)cc2F)N(C(=O)OC(C)(C)C)C1. The van der Waals surface area contributed by atoms with Crippen molar-refractivity contribution in [3.8, 4) is 0 Å². The van der Waals surface area contributed by atoms with E-state index in [1.54, 1.807) is 20.8 Å². The monoisotopic (exact) mass is 419 g/mol. The van der Waals surface area contributed by atoms with Crippen molar-refractivity contribution < 1.29 is 32.2 Å². The number of hydrogen-bond donors (Lipinski definition) is 0. The first kappa shape index (κ1) is 22.5. The third-order valence-corrected chi connectivity index (χ3v) is 5.00. The van der Waals surface area contributed by atoms with Gasteiger partial charge in [0.25, 0.3) is 0 Å². The van der Waals surface area contributed by atoms with Gasteiger partial charge in [-0.1, -0.05) is 11.8 Å². The molecule has 1 aromatic rings. The number of hydrogen-bond acceptors (Lipinski definition) is 5. The quantitative estimate of drug-likeness (QED) is 0.667.